The number of halogens is 3. The Kier molecular flexibility index (Phi) is 4.01. The van der Waals surface area contributed by atoms with Crippen LogP contribution in [0.4, 0.5) is 13.2 Å². The van der Waals surface area contributed by atoms with Gasteiger partial charge in [-0.25, -0.2) is 0 Å². The molecular formula is C13H9F3OS2. The van der Waals surface area contributed by atoms with E-state index in [1.165, 1.54) is 17.1 Å². The van der Waals surface area contributed by atoms with Crippen molar-refractivity contribution < 1.29 is 18.0 Å². The molecular weight excluding hydrogens is 293 g/mol. The van der Waals surface area contributed by atoms with Crippen molar-refractivity contribution in [3.05, 3.63) is 51.7 Å². The standard InChI is InChI=1S/C13H9F3OS2/c1-18-11-5-3-2-4-8(11)12(17)9-6-19-7-10(9)13(14,15)16/h2-7H,1H3. The highest BCUT2D eigenvalue weighted by Crippen LogP contribution is 2.36. The zero-order chi connectivity index (χ0) is 14.0. The van der Waals surface area contributed by atoms with Crippen molar-refractivity contribution in [3.63, 3.8) is 0 Å². The van der Waals surface area contributed by atoms with Crippen molar-refractivity contribution in [1.82, 2.24) is 0 Å². The van der Waals surface area contributed by atoms with Crippen LogP contribution in [0.1, 0.15) is 21.5 Å². The number of rotatable bonds is 3. The quantitative estimate of drug-likeness (QED) is 0.603. The van der Waals surface area contributed by atoms with Crippen molar-refractivity contribution >= 4 is 28.9 Å². The number of hydrogen-bond donors (Lipinski definition) is 0. The van der Waals surface area contributed by atoms with Gasteiger partial charge in [0.15, 0.2) is 5.78 Å². The number of thiophene rings is 1. The average molecular weight is 302 g/mol. The van der Waals surface area contributed by atoms with Crippen molar-refractivity contribution in [2.24, 2.45) is 0 Å². The van der Waals surface area contributed by atoms with Crippen molar-refractivity contribution in [2.45, 2.75) is 11.1 Å². The highest BCUT2D eigenvalue weighted by Gasteiger charge is 2.36. The van der Waals surface area contributed by atoms with Crippen molar-refractivity contribution in [3.8, 4) is 0 Å². The summed E-state index contributed by atoms with van der Waals surface area (Å²) in [7, 11) is 0. The number of hydrogen-bond acceptors (Lipinski definition) is 3. The predicted octanol–water partition coefficient (Wildman–Crippen LogP) is 4.72. The molecule has 100 valence electrons. The zero-order valence-electron chi connectivity index (χ0n) is 9.82. The van der Waals surface area contributed by atoms with Gasteiger partial charge in [0.1, 0.15) is 0 Å². The van der Waals surface area contributed by atoms with Gasteiger partial charge in [0, 0.05) is 26.8 Å². The van der Waals surface area contributed by atoms with Gasteiger partial charge in [0.2, 0.25) is 0 Å². The first kappa shape index (κ1) is 14.1. The van der Waals surface area contributed by atoms with E-state index < -0.39 is 17.5 Å². The van der Waals surface area contributed by atoms with Crippen LogP contribution in [0.25, 0.3) is 0 Å². The fourth-order valence-corrected chi connectivity index (χ4v) is 3.10. The predicted molar refractivity (Wildman–Crippen MR) is 71.0 cm³/mol. The van der Waals surface area contributed by atoms with Crippen LogP contribution in [0.2, 0.25) is 0 Å². The number of alkyl halides is 3. The van der Waals surface area contributed by atoms with Gasteiger partial charge >= 0.3 is 6.18 Å². The maximum atomic E-state index is 12.8. The third-order valence-corrected chi connectivity index (χ3v) is 4.10. The first-order valence-corrected chi connectivity index (χ1v) is 7.43. The summed E-state index contributed by atoms with van der Waals surface area (Å²) in [5.74, 6) is -0.585. The van der Waals surface area contributed by atoms with Gasteiger partial charge in [-0.1, -0.05) is 12.1 Å². The van der Waals surface area contributed by atoms with Gasteiger partial charge in [-0.3, -0.25) is 4.79 Å². The van der Waals surface area contributed by atoms with E-state index in [4.69, 9.17) is 0 Å². The van der Waals surface area contributed by atoms with Crippen molar-refractivity contribution in [2.75, 3.05) is 6.26 Å². The second-order valence-corrected chi connectivity index (χ2v) is 5.32. The number of benzene rings is 1. The van der Waals surface area contributed by atoms with Gasteiger partial charge in [-0.05, 0) is 18.4 Å². The second-order valence-electron chi connectivity index (χ2n) is 3.73. The molecule has 1 aromatic heterocycles. The van der Waals surface area contributed by atoms with Gasteiger partial charge in [0.25, 0.3) is 0 Å². The van der Waals surface area contributed by atoms with Crippen LogP contribution in [0, 0.1) is 0 Å². The highest BCUT2D eigenvalue weighted by molar-refractivity contribution is 7.98. The fourth-order valence-electron chi connectivity index (χ4n) is 1.67. The lowest BCUT2D eigenvalue weighted by Gasteiger charge is -2.09. The molecule has 0 bridgehead atoms. The van der Waals surface area contributed by atoms with Gasteiger partial charge in [-0.15, -0.1) is 11.8 Å². The summed E-state index contributed by atoms with van der Waals surface area (Å²) in [6.07, 6.45) is -2.72. The number of carbonyl (C=O) groups excluding carboxylic acids is 1. The fraction of sp³-hybridized carbons (Fsp3) is 0.154. The Morgan fingerprint density at radius 2 is 1.84 bits per heavy atom. The first-order valence-electron chi connectivity index (χ1n) is 5.26. The van der Waals surface area contributed by atoms with Crippen LogP contribution in [-0.2, 0) is 6.18 Å². The van der Waals surface area contributed by atoms with Gasteiger partial charge in [-0.2, -0.15) is 24.5 Å². The molecule has 0 fully saturated rings. The molecule has 0 radical (unpaired) electrons. The largest absolute Gasteiger partial charge is 0.417 e. The summed E-state index contributed by atoms with van der Waals surface area (Å²) in [5, 5.41) is 2.22. The third kappa shape index (κ3) is 2.84. The maximum absolute atomic E-state index is 12.8. The molecule has 0 atom stereocenters. The summed E-state index contributed by atoms with van der Waals surface area (Å²) in [6, 6.07) is 6.66. The molecule has 0 aliphatic rings. The van der Waals surface area contributed by atoms with E-state index in [1.54, 1.807) is 30.5 Å². The van der Waals surface area contributed by atoms with Crippen LogP contribution < -0.4 is 0 Å². The summed E-state index contributed by atoms with van der Waals surface area (Å²) < 4.78 is 38.4. The molecule has 1 aromatic carbocycles. The smallest absolute Gasteiger partial charge is 0.289 e. The Bertz CT molecular complexity index is 602. The minimum Gasteiger partial charge on any atom is -0.289 e. The van der Waals surface area contributed by atoms with Crippen LogP contribution in [0.15, 0.2) is 39.9 Å². The van der Waals surface area contributed by atoms with Crippen LogP contribution in [0.3, 0.4) is 0 Å². The number of carbonyl (C=O) groups is 1. The van der Waals surface area contributed by atoms with Crippen LogP contribution in [-0.4, -0.2) is 12.0 Å². The molecule has 6 heteroatoms. The third-order valence-electron chi connectivity index (χ3n) is 2.56. The van der Waals surface area contributed by atoms with E-state index in [0.29, 0.717) is 10.5 Å². The van der Waals surface area contributed by atoms with E-state index in [-0.39, 0.29) is 5.56 Å². The summed E-state index contributed by atoms with van der Waals surface area (Å²) in [4.78, 5) is 12.9. The average Bonchev–Trinajstić information content (AvgIpc) is 2.87. The molecule has 0 unspecified atom stereocenters. The lowest BCUT2D eigenvalue weighted by atomic mass is 10.0. The second kappa shape index (κ2) is 5.38. The molecule has 0 aliphatic heterocycles. The molecule has 0 aliphatic carbocycles. The molecule has 0 saturated carbocycles. The maximum Gasteiger partial charge on any atom is 0.417 e. The summed E-state index contributed by atoms with van der Waals surface area (Å²) in [6.45, 7) is 0. The molecule has 2 aromatic rings. The topological polar surface area (TPSA) is 17.1 Å². The minimum atomic E-state index is -4.50. The van der Waals surface area contributed by atoms with Gasteiger partial charge < -0.3 is 0 Å². The SMILES string of the molecule is CSc1ccccc1C(=O)c1cscc1C(F)(F)F. The molecule has 1 nitrogen and oxygen atoms in total. The molecule has 0 amide bonds. The number of thioether (sulfide) groups is 1. The van der Waals surface area contributed by atoms with Gasteiger partial charge in [0.05, 0.1) is 5.56 Å². The lowest BCUT2D eigenvalue weighted by Crippen LogP contribution is -2.11. The summed E-state index contributed by atoms with van der Waals surface area (Å²) in [5.41, 5.74) is -0.837. The Hall–Kier alpha value is -1.27. The first-order chi connectivity index (χ1) is 8.95. The molecule has 1 heterocycles. The van der Waals surface area contributed by atoms with Crippen LogP contribution >= 0.6 is 23.1 Å². The Balaban J connectivity index is 2.49. The van der Waals surface area contributed by atoms with E-state index in [9.17, 15) is 18.0 Å². The molecule has 0 saturated heterocycles. The molecule has 0 N–H and O–H groups in total. The zero-order valence-corrected chi connectivity index (χ0v) is 11.5. The molecule has 19 heavy (non-hydrogen) atoms. The Morgan fingerprint density at radius 3 is 2.47 bits per heavy atom. The van der Waals surface area contributed by atoms with Crippen molar-refractivity contribution in [1.29, 1.82) is 0 Å². The Morgan fingerprint density at radius 1 is 1.16 bits per heavy atom. The Labute approximate surface area is 116 Å². The lowest BCUT2D eigenvalue weighted by molar-refractivity contribution is -0.137. The van der Waals surface area contributed by atoms with E-state index in [1.807, 2.05) is 0 Å². The molecule has 0 spiro atoms. The monoisotopic (exact) mass is 302 g/mol. The highest BCUT2D eigenvalue weighted by atomic mass is 32.2. The van der Waals surface area contributed by atoms with E-state index in [0.717, 1.165) is 16.7 Å². The minimum absolute atomic E-state index is 0.279. The normalized spacial score (nSPS) is 11.6. The van der Waals surface area contributed by atoms with E-state index >= 15 is 0 Å². The van der Waals surface area contributed by atoms with Crippen LogP contribution in [0.5, 0.6) is 0 Å². The number of ketones is 1. The molecule has 2 rings (SSSR count). The summed E-state index contributed by atoms with van der Waals surface area (Å²) >= 11 is 2.22. The van der Waals surface area contributed by atoms with E-state index in [2.05, 4.69) is 0 Å².